The number of rotatable bonds is 6. The summed E-state index contributed by atoms with van der Waals surface area (Å²) in [5.74, 6) is 0.345. The van der Waals surface area contributed by atoms with E-state index in [2.05, 4.69) is 31.9 Å². The molecule has 4 nitrogen and oxygen atoms in total. The second kappa shape index (κ2) is 5.65. The first-order valence-corrected chi connectivity index (χ1v) is 6.33. The number of aromatic nitrogens is 2. The predicted molar refractivity (Wildman–Crippen MR) is 69.8 cm³/mol. The standard InChI is InChI=1S/C13H25N3O/c1-5-16-12(6-11(4)15-16)7-13(8-14,9-17)10(2)3/h6,10,17H,5,7-9,14H2,1-4H3. The molecule has 98 valence electrons. The van der Waals surface area contributed by atoms with Gasteiger partial charge in [-0.25, -0.2) is 0 Å². The third kappa shape index (κ3) is 2.87. The number of hydrogen-bond acceptors (Lipinski definition) is 3. The number of nitrogens with zero attached hydrogens (tertiary/aromatic N) is 2. The van der Waals surface area contributed by atoms with E-state index < -0.39 is 0 Å². The zero-order valence-electron chi connectivity index (χ0n) is 11.4. The van der Waals surface area contributed by atoms with E-state index >= 15 is 0 Å². The molecule has 0 spiro atoms. The maximum atomic E-state index is 9.67. The highest BCUT2D eigenvalue weighted by Crippen LogP contribution is 2.30. The molecule has 0 aliphatic carbocycles. The van der Waals surface area contributed by atoms with Gasteiger partial charge in [0.15, 0.2) is 0 Å². The second-order valence-corrected chi connectivity index (χ2v) is 5.15. The summed E-state index contributed by atoms with van der Waals surface area (Å²) in [5.41, 5.74) is 7.83. The molecular weight excluding hydrogens is 214 g/mol. The summed E-state index contributed by atoms with van der Waals surface area (Å²) in [5, 5.41) is 14.1. The minimum Gasteiger partial charge on any atom is -0.396 e. The number of aliphatic hydroxyl groups excluding tert-OH is 1. The fourth-order valence-corrected chi connectivity index (χ4v) is 2.19. The van der Waals surface area contributed by atoms with Crippen LogP contribution < -0.4 is 5.73 Å². The first-order valence-electron chi connectivity index (χ1n) is 6.33. The minimum absolute atomic E-state index is 0.120. The van der Waals surface area contributed by atoms with E-state index in [1.807, 2.05) is 11.6 Å². The third-order valence-electron chi connectivity index (χ3n) is 3.76. The number of aryl methyl sites for hydroxylation is 2. The van der Waals surface area contributed by atoms with Crippen LogP contribution in [-0.2, 0) is 13.0 Å². The van der Waals surface area contributed by atoms with Gasteiger partial charge in [-0.1, -0.05) is 13.8 Å². The maximum absolute atomic E-state index is 9.67. The SMILES string of the molecule is CCn1nc(C)cc1CC(CN)(CO)C(C)C. The van der Waals surface area contributed by atoms with Crippen molar-refractivity contribution in [1.82, 2.24) is 9.78 Å². The van der Waals surface area contributed by atoms with Crippen LogP contribution in [0, 0.1) is 18.3 Å². The van der Waals surface area contributed by atoms with E-state index in [0.717, 1.165) is 18.7 Å². The van der Waals surface area contributed by atoms with Gasteiger partial charge in [-0.05, 0) is 32.3 Å². The van der Waals surface area contributed by atoms with E-state index in [4.69, 9.17) is 5.73 Å². The van der Waals surface area contributed by atoms with Crippen LogP contribution in [-0.4, -0.2) is 28.0 Å². The molecule has 0 aromatic carbocycles. The molecule has 0 saturated heterocycles. The molecule has 0 aliphatic heterocycles. The summed E-state index contributed by atoms with van der Waals surface area (Å²) in [4.78, 5) is 0. The van der Waals surface area contributed by atoms with Crippen molar-refractivity contribution < 1.29 is 5.11 Å². The quantitative estimate of drug-likeness (QED) is 0.787. The molecule has 17 heavy (non-hydrogen) atoms. The molecule has 0 aliphatic rings. The Balaban J connectivity index is 3.00. The molecule has 0 amide bonds. The highest BCUT2D eigenvalue weighted by Gasteiger charge is 2.33. The summed E-state index contributed by atoms with van der Waals surface area (Å²) in [7, 11) is 0. The normalized spacial score (nSPS) is 15.2. The van der Waals surface area contributed by atoms with Crippen molar-refractivity contribution in [2.24, 2.45) is 17.1 Å². The zero-order chi connectivity index (χ0) is 13.1. The van der Waals surface area contributed by atoms with Crippen LogP contribution >= 0.6 is 0 Å². The predicted octanol–water partition coefficient (Wildman–Crippen LogP) is 1.35. The van der Waals surface area contributed by atoms with E-state index in [1.165, 1.54) is 5.69 Å². The van der Waals surface area contributed by atoms with Crippen LogP contribution in [0.4, 0.5) is 0 Å². The lowest BCUT2D eigenvalue weighted by Gasteiger charge is -2.34. The Morgan fingerprint density at radius 2 is 2.18 bits per heavy atom. The molecule has 0 radical (unpaired) electrons. The third-order valence-corrected chi connectivity index (χ3v) is 3.76. The minimum atomic E-state index is -0.237. The topological polar surface area (TPSA) is 64.1 Å². The fraction of sp³-hybridized carbons (Fsp3) is 0.769. The molecular formula is C13H25N3O. The molecule has 0 bridgehead atoms. The second-order valence-electron chi connectivity index (χ2n) is 5.15. The van der Waals surface area contributed by atoms with Crippen LogP contribution in [0.5, 0.6) is 0 Å². The Morgan fingerprint density at radius 3 is 2.59 bits per heavy atom. The molecule has 1 unspecified atom stereocenters. The summed E-state index contributed by atoms with van der Waals surface area (Å²) in [6, 6.07) is 2.09. The van der Waals surface area contributed by atoms with Gasteiger partial charge in [-0.15, -0.1) is 0 Å². The van der Waals surface area contributed by atoms with Crippen molar-refractivity contribution in [2.45, 2.75) is 40.7 Å². The monoisotopic (exact) mass is 239 g/mol. The molecule has 1 aromatic rings. The van der Waals surface area contributed by atoms with E-state index in [1.54, 1.807) is 0 Å². The van der Waals surface area contributed by atoms with Crippen LogP contribution in [0.2, 0.25) is 0 Å². The largest absolute Gasteiger partial charge is 0.396 e. The molecule has 1 heterocycles. The van der Waals surface area contributed by atoms with Crippen molar-refractivity contribution in [3.8, 4) is 0 Å². The Kier molecular flexibility index (Phi) is 4.71. The zero-order valence-corrected chi connectivity index (χ0v) is 11.4. The Hall–Kier alpha value is -0.870. The van der Waals surface area contributed by atoms with Crippen molar-refractivity contribution >= 4 is 0 Å². The van der Waals surface area contributed by atoms with Gasteiger partial charge in [0.25, 0.3) is 0 Å². The molecule has 0 saturated carbocycles. The van der Waals surface area contributed by atoms with E-state index in [-0.39, 0.29) is 12.0 Å². The Bertz CT molecular complexity index is 354. The smallest absolute Gasteiger partial charge is 0.0596 e. The molecule has 1 aromatic heterocycles. The van der Waals surface area contributed by atoms with Gasteiger partial charge in [0.1, 0.15) is 0 Å². The first-order chi connectivity index (χ1) is 7.99. The van der Waals surface area contributed by atoms with Crippen LogP contribution in [0.15, 0.2) is 6.07 Å². The van der Waals surface area contributed by atoms with E-state index in [9.17, 15) is 5.11 Å². The average Bonchev–Trinajstić information content (AvgIpc) is 2.65. The van der Waals surface area contributed by atoms with Gasteiger partial charge in [-0.2, -0.15) is 5.10 Å². The Morgan fingerprint density at radius 1 is 1.53 bits per heavy atom. The molecule has 0 fully saturated rings. The summed E-state index contributed by atoms with van der Waals surface area (Å²) < 4.78 is 2.00. The van der Waals surface area contributed by atoms with E-state index in [0.29, 0.717) is 12.5 Å². The summed E-state index contributed by atoms with van der Waals surface area (Å²) in [6.07, 6.45) is 0.784. The van der Waals surface area contributed by atoms with Gasteiger partial charge < -0.3 is 10.8 Å². The van der Waals surface area contributed by atoms with Crippen molar-refractivity contribution in [3.63, 3.8) is 0 Å². The average molecular weight is 239 g/mol. The molecule has 3 N–H and O–H groups in total. The van der Waals surface area contributed by atoms with Crippen molar-refractivity contribution in [3.05, 3.63) is 17.5 Å². The lowest BCUT2D eigenvalue weighted by atomic mass is 9.74. The number of aliphatic hydroxyl groups is 1. The Labute approximate surface area is 104 Å². The first kappa shape index (κ1) is 14.2. The molecule has 4 heteroatoms. The van der Waals surface area contributed by atoms with Gasteiger partial charge in [0.2, 0.25) is 0 Å². The highest BCUT2D eigenvalue weighted by molar-refractivity contribution is 5.12. The van der Waals surface area contributed by atoms with Crippen molar-refractivity contribution in [1.29, 1.82) is 0 Å². The van der Waals surface area contributed by atoms with Crippen LogP contribution in [0.3, 0.4) is 0 Å². The van der Waals surface area contributed by atoms with Gasteiger partial charge in [0, 0.05) is 24.2 Å². The van der Waals surface area contributed by atoms with Gasteiger partial charge >= 0.3 is 0 Å². The summed E-state index contributed by atoms with van der Waals surface area (Å²) in [6.45, 7) is 9.77. The fourth-order valence-electron chi connectivity index (χ4n) is 2.19. The van der Waals surface area contributed by atoms with Gasteiger partial charge in [-0.3, -0.25) is 4.68 Å². The summed E-state index contributed by atoms with van der Waals surface area (Å²) >= 11 is 0. The highest BCUT2D eigenvalue weighted by atomic mass is 16.3. The maximum Gasteiger partial charge on any atom is 0.0596 e. The van der Waals surface area contributed by atoms with Gasteiger partial charge in [0.05, 0.1) is 12.3 Å². The van der Waals surface area contributed by atoms with Crippen LogP contribution in [0.25, 0.3) is 0 Å². The van der Waals surface area contributed by atoms with Crippen molar-refractivity contribution in [2.75, 3.05) is 13.2 Å². The lowest BCUT2D eigenvalue weighted by molar-refractivity contribution is 0.0821. The molecule has 1 atom stereocenters. The van der Waals surface area contributed by atoms with Crippen LogP contribution in [0.1, 0.15) is 32.2 Å². The number of nitrogens with two attached hydrogens (primary N) is 1. The molecule has 1 rings (SSSR count). The number of hydrogen-bond donors (Lipinski definition) is 2. The lowest BCUT2D eigenvalue weighted by Crippen LogP contribution is -2.41.